The summed E-state index contributed by atoms with van der Waals surface area (Å²) in [5.41, 5.74) is 5.46. The van der Waals surface area contributed by atoms with Crippen molar-refractivity contribution in [2.75, 3.05) is 5.73 Å². The summed E-state index contributed by atoms with van der Waals surface area (Å²) in [5.74, 6) is -1.05. The molecule has 1 aromatic rings. The van der Waals surface area contributed by atoms with Crippen molar-refractivity contribution in [2.45, 2.75) is 0 Å². The number of nitrogen functional groups attached to an aromatic ring is 1. The Morgan fingerprint density at radius 1 is 1.46 bits per heavy atom. The Morgan fingerprint density at radius 2 is 2.15 bits per heavy atom. The van der Waals surface area contributed by atoms with Crippen molar-refractivity contribution in [1.82, 2.24) is 0 Å². The molecule has 1 rings (SSSR count). The molecule has 6 nitrogen and oxygen atoms in total. The molecule has 0 amide bonds. The third-order valence-corrected chi connectivity index (χ3v) is 1.38. The van der Waals surface area contributed by atoms with Crippen LogP contribution in [0, 0.1) is 0 Å². The summed E-state index contributed by atoms with van der Waals surface area (Å²) in [6.07, 6.45) is 0. The topological polar surface area (TPSA) is 102 Å². The van der Waals surface area contributed by atoms with Gasteiger partial charge in [0.15, 0.2) is 5.75 Å². The number of rotatable bonds is 3. The number of nitrogens with two attached hydrogens (primary N) is 1. The van der Waals surface area contributed by atoms with Gasteiger partial charge in [0.2, 0.25) is 0 Å². The molecule has 0 spiro atoms. The molecule has 0 radical (unpaired) electrons. The smallest absolute Gasteiger partial charge is 0.335 e. The third kappa shape index (κ3) is 2.08. The fourth-order valence-electron chi connectivity index (χ4n) is 0.798. The molecule has 0 saturated carbocycles. The molecule has 0 aromatic heterocycles. The Balaban J connectivity index is 2.98. The molecule has 4 N–H and O–H groups in total. The average Bonchev–Trinajstić information content (AvgIpc) is 2.08. The number of carboxylic acids is 1. The van der Waals surface area contributed by atoms with Gasteiger partial charge in [0.05, 0.1) is 11.3 Å². The summed E-state index contributed by atoms with van der Waals surface area (Å²) in [6, 6.07) is 3.73. The van der Waals surface area contributed by atoms with Gasteiger partial charge in [-0.05, 0) is 23.2 Å². The lowest BCUT2D eigenvalue weighted by Gasteiger charge is -2.03. The van der Waals surface area contributed by atoms with Crippen molar-refractivity contribution in [3.63, 3.8) is 0 Å². The van der Waals surface area contributed by atoms with Crippen molar-refractivity contribution >= 4 is 11.7 Å². The van der Waals surface area contributed by atoms with Gasteiger partial charge in [-0.15, -0.1) is 0 Å². The third-order valence-electron chi connectivity index (χ3n) is 1.38. The van der Waals surface area contributed by atoms with Gasteiger partial charge in [-0.3, -0.25) is 0 Å². The number of carboxylic acid groups (broad SMARTS) is 1. The molecule has 0 saturated heterocycles. The summed E-state index contributed by atoms with van der Waals surface area (Å²) in [5, 5.41) is 19.9. The molecular formula is C7H7NO5. The maximum atomic E-state index is 10.4. The second-order valence-electron chi connectivity index (χ2n) is 2.22. The minimum Gasteiger partial charge on any atom is -0.478 e. The molecule has 0 aliphatic carbocycles. The van der Waals surface area contributed by atoms with E-state index in [4.69, 9.17) is 16.1 Å². The molecule has 1 aromatic carbocycles. The van der Waals surface area contributed by atoms with Crippen molar-refractivity contribution in [3.8, 4) is 5.75 Å². The van der Waals surface area contributed by atoms with Crippen molar-refractivity contribution < 1.29 is 25.1 Å². The summed E-state index contributed by atoms with van der Waals surface area (Å²) >= 11 is 0. The van der Waals surface area contributed by atoms with Crippen molar-refractivity contribution in [3.05, 3.63) is 23.8 Å². The van der Waals surface area contributed by atoms with Gasteiger partial charge >= 0.3 is 5.97 Å². The first-order valence-electron chi connectivity index (χ1n) is 3.26. The Bertz CT molecular complexity index is 325. The lowest BCUT2D eigenvalue weighted by atomic mass is 10.2. The SMILES string of the molecule is Nc1cc(C(=O)O)ccc1OOO. The normalized spacial score (nSPS) is 9.62. The number of carbonyl (C=O) groups is 1. The first kappa shape index (κ1) is 9.30. The zero-order valence-electron chi connectivity index (χ0n) is 6.43. The Morgan fingerprint density at radius 3 is 2.62 bits per heavy atom. The van der Waals surface area contributed by atoms with E-state index in [1.165, 1.54) is 18.2 Å². The maximum Gasteiger partial charge on any atom is 0.335 e. The van der Waals surface area contributed by atoms with E-state index >= 15 is 0 Å². The van der Waals surface area contributed by atoms with E-state index in [0.29, 0.717) is 0 Å². The summed E-state index contributed by atoms with van der Waals surface area (Å²) in [7, 11) is 0. The van der Waals surface area contributed by atoms with E-state index in [2.05, 4.69) is 9.93 Å². The molecule has 0 bridgehead atoms. The van der Waals surface area contributed by atoms with Crippen molar-refractivity contribution in [1.29, 1.82) is 0 Å². The lowest BCUT2D eigenvalue weighted by molar-refractivity contribution is -0.438. The molecule has 0 atom stereocenters. The fraction of sp³-hybridized carbons (Fsp3) is 0. The van der Waals surface area contributed by atoms with E-state index in [-0.39, 0.29) is 17.0 Å². The van der Waals surface area contributed by atoms with E-state index in [0.717, 1.165) is 0 Å². The predicted molar refractivity (Wildman–Crippen MR) is 42.2 cm³/mol. The standard InChI is InChI=1S/C7H7NO5/c8-5-3-4(7(9)10)1-2-6(5)12-13-11/h1-3,11H,8H2,(H,9,10). The Kier molecular flexibility index (Phi) is 2.68. The van der Waals surface area contributed by atoms with Crippen LogP contribution in [-0.4, -0.2) is 16.3 Å². The Hall–Kier alpha value is -1.79. The van der Waals surface area contributed by atoms with Crippen LogP contribution in [0.15, 0.2) is 18.2 Å². The van der Waals surface area contributed by atoms with Gasteiger partial charge in [-0.25, -0.2) is 10.1 Å². The van der Waals surface area contributed by atoms with Crippen LogP contribution in [0.25, 0.3) is 0 Å². The van der Waals surface area contributed by atoms with Crippen LogP contribution in [0.1, 0.15) is 10.4 Å². The van der Waals surface area contributed by atoms with Gasteiger partial charge in [-0.1, -0.05) is 0 Å². The minimum atomic E-state index is -1.09. The highest BCUT2D eigenvalue weighted by molar-refractivity contribution is 5.89. The number of aromatic carboxylic acids is 1. The van der Waals surface area contributed by atoms with E-state index in [1.807, 2.05) is 0 Å². The predicted octanol–water partition coefficient (Wildman–Crippen LogP) is 0.750. The van der Waals surface area contributed by atoms with Gasteiger partial charge in [0.25, 0.3) is 0 Å². The summed E-state index contributed by atoms with van der Waals surface area (Å²) in [6.45, 7) is 0. The highest BCUT2D eigenvalue weighted by atomic mass is 17.5. The molecule has 0 aliphatic heterocycles. The van der Waals surface area contributed by atoms with Crippen LogP contribution in [0.2, 0.25) is 0 Å². The number of benzene rings is 1. The zero-order valence-corrected chi connectivity index (χ0v) is 6.43. The van der Waals surface area contributed by atoms with E-state index in [9.17, 15) is 4.79 Å². The first-order valence-corrected chi connectivity index (χ1v) is 3.26. The first-order chi connectivity index (χ1) is 6.15. The fourth-order valence-corrected chi connectivity index (χ4v) is 0.798. The molecule has 0 aliphatic rings. The van der Waals surface area contributed by atoms with Gasteiger partial charge in [-0.2, -0.15) is 0 Å². The Labute approximate surface area is 73.0 Å². The van der Waals surface area contributed by atoms with Crippen LogP contribution >= 0.6 is 0 Å². The van der Waals surface area contributed by atoms with Gasteiger partial charge < -0.3 is 15.7 Å². The lowest BCUT2D eigenvalue weighted by Crippen LogP contribution is -2.01. The summed E-state index contributed by atoms with van der Waals surface area (Å²) < 4.78 is 0. The monoisotopic (exact) mass is 185 g/mol. The zero-order chi connectivity index (χ0) is 9.84. The largest absolute Gasteiger partial charge is 0.478 e. The highest BCUT2D eigenvalue weighted by Crippen LogP contribution is 2.22. The molecule has 6 heteroatoms. The molecule has 0 heterocycles. The quantitative estimate of drug-likeness (QED) is 0.365. The number of hydrogen-bond donors (Lipinski definition) is 3. The molecule has 0 unspecified atom stereocenters. The maximum absolute atomic E-state index is 10.4. The van der Waals surface area contributed by atoms with Crippen LogP contribution in [0.4, 0.5) is 5.69 Å². The summed E-state index contributed by atoms with van der Waals surface area (Å²) in [4.78, 5) is 14.7. The van der Waals surface area contributed by atoms with Crippen LogP contribution in [0.5, 0.6) is 5.75 Å². The van der Waals surface area contributed by atoms with Crippen molar-refractivity contribution in [2.24, 2.45) is 0 Å². The van der Waals surface area contributed by atoms with Crippen LogP contribution in [-0.2, 0) is 5.04 Å². The molecule has 70 valence electrons. The van der Waals surface area contributed by atoms with Crippen LogP contribution in [0.3, 0.4) is 0 Å². The minimum absolute atomic E-state index is 0.0304. The average molecular weight is 185 g/mol. The number of anilines is 1. The highest BCUT2D eigenvalue weighted by Gasteiger charge is 2.07. The molecular weight excluding hydrogens is 178 g/mol. The van der Waals surface area contributed by atoms with E-state index < -0.39 is 5.97 Å². The van der Waals surface area contributed by atoms with E-state index in [1.54, 1.807) is 0 Å². The number of hydrogen-bond acceptors (Lipinski definition) is 5. The second-order valence-corrected chi connectivity index (χ2v) is 2.22. The van der Waals surface area contributed by atoms with Gasteiger partial charge in [0.1, 0.15) is 0 Å². The van der Waals surface area contributed by atoms with Crippen LogP contribution < -0.4 is 10.6 Å². The van der Waals surface area contributed by atoms with Gasteiger partial charge in [0, 0.05) is 0 Å². The molecule has 0 fully saturated rings. The molecule has 13 heavy (non-hydrogen) atoms. The second kappa shape index (κ2) is 3.74.